The quantitative estimate of drug-likeness (QED) is 0.649. The fraction of sp³-hybridized carbons (Fsp3) is 0.250. The highest BCUT2D eigenvalue weighted by Crippen LogP contribution is 2.57. The van der Waals surface area contributed by atoms with Crippen molar-refractivity contribution in [1.29, 1.82) is 0 Å². The molecule has 0 saturated heterocycles. The van der Waals surface area contributed by atoms with Crippen LogP contribution in [0.4, 0.5) is 0 Å². The highest BCUT2D eigenvalue weighted by atomic mass is 35.7. The number of benzene rings is 1. The first-order valence-corrected chi connectivity index (χ1v) is 6.80. The van der Waals surface area contributed by atoms with Gasteiger partial charge in [-0.2, -0.15) is 0 Å². The van der Waals surface area contributed by atoms with Gasteiger partial charge in [0.25, 0.3) is 0 Å². The van der Waals surface area contributed by atoms with Crippen LogP contribution >= 0.6 is 31.5 Å². The van der Waals surface area contributed by atoms with E-state index >= 15 is 0 Å². The molecule has 1 aromatic rings. The maximum absolute atomic E-state index is 6.20. The average molecular weight is 209 g/mol. The summed E-state index contributed by atoms with van der Waals surface area (Å²) < 4.78 is 0. The molecule has 0 aliphatic heterocycles. The van der Waals surface area contributed by atoms with Crippen molar-refractivity contribution in [1.82, 2.24) is 0 Å². The van der Waals surface area contributed by atoms with Crippen LogP contribution in [0.1, 0.15) is 0 Å². The van der Waals surface area contributed by atoms with E-state index in [1.165, 1.54) is 0 Å². The summed E-state index contributed by atoms with van der Waals surface area (Å²) in [5, 5.41) is 0.512. The minimum absolute atomic E-state index is 0.512. The molecule has 0 amide bonds. The number of alkyl halides is 1. The van der Waals surface area contributed by atoms with Crippen LogP contribution in [-0.2, 0) is 0 Å². The Morgan fingerprint density at radius 1 is 1.27 bits per heavy atom. The van der Waals surface area contributed by atoms with Gasteiger partial charge in [0, 0.05) is 4.90 Å². The van der Waals surface area contributed by atoms with E-state index in [2.05, 4.69) is 0 Å². The third kappa shape index (κ3) is 2.29. The van der Waals surface area contributed by atoms with Gasteiger partial charge in [0.15, 0.2) is 0 Å². The normalized spacial score (nSPS) is 18.8. The summed E-state index contributed by atoms with van der Waals surface area (Å²) in [5.41, 5.74) is 0. The molecule has 62 valence electrons. The Labute approximate surface area is 78.3 Å². The van der Waals surface area contributed by atoms with Crippen LogP contribution in [0, 0.1) is 0 Å². The Balaban J connectivity index is 2.93. The maximum Gasteiger partial charge on any atom is 0.0684 e. The molecule has 11 heavy (non-hydrogen) atoms. The van der Waals surface area contributed by atoms with Gasteiger partial charge in [-0.1, -0.05) is 28.9 Å². The van der Waals surface area contributed by atoms with Crippen molar-refractivity contribution in [3.8, 4) is 0 Å². The van der Waals surface area contributed by atoms with Gasteiger partial charge in [-0.25, -0.2) is 0 Å². The molecule has 0 saturated carbocycles. The Bertz CT molecular complexity index is 221. The zero-order chi connectivity index (χ0) is 8.32. The Hall–Kier alpha value is 0.150. The summed E-state index contributed by atoms with van der Waals surface area (Å²) in [4.78, 5) is 1.15. The van der Waals surface area contributed by atoms with Crippen molar-refractivity contribution in [2.75, 3.05) is 11.5 Å². The molecule has 0 fully saturated rings. The van der Waals surface area contributed by atoms with E-state index in [-0.39, 0.29) is 0 Å². The monoisotopic (exact) mass is 208 g/mol. The molecule has 1 rings (SSSR count). The summed E-state index contributed by atoms with van der Waals surface area (Å²) >= 11 is 5.73. The molecule has 0 heterocycles. The predicted octanol–water partition coefficient (Wildman–Crippen LogP) is 3.83. The van der Waals surface area contributed by atoms with Crippen molar-refractivity contribution in [3.63, 3.8) is 0 Å². The first-order valence-electron chi connectivity index (χ1n) is 3.23. The van der Waals surface area contributed by atoms with Crippen LogP contribution in [0.3, 0.4) is 0 Å². The maximum atomic E-state index is 6.20. The summed E-state index contributed by atoms with van der Waals surface area (Å²) in [6.07, 6.45) is 2.00. The van der Waals surface area contributed by atoms with Gasteiger partial charge < -0.3 is 0 Å². The second kappa shape index (κ2) is 3.70. The highest BCUT2D eigenvalue weighted by Gasteiger charge is 2.14. The van der Waals surface area contributed by atoms with E-state index in [9.17, 15) is 0 Å². The fourth-order valence-corrected chi connectivity index (χ4v) is 2.30. The molecule has 0 aliphatic carbocycles. The standard InChI is InChI=1S/C8H10Cl2S/c1-11(10,7-9)8-5-3-2-4-6-8/h2-6H,7H2,1H3. The molecule has 1 unspecified atom stereocenters. The first-order chi connectivity index (χ1) is 5.17. The second-order valence-corrected chi connectivity index (χ2v) is 7.74. The van der Waals surface area contributed by atoms with Crippen molar-refractivity contribution in [2.24, 2.45) is 0 Å². The largest absolute Gasteiger partial charge is 0.125 e. The Morgan fingerprint density at radius 2 is 1.82 bits per heavy atom. The zero-order valence-corrected chi connectivity index (χ0v) is 8.59. The van der Waals surface area contributed by atoms with Gasteiger partial charge >= 0.3 is 0 Å². The molecule has 0 aromatic heterocycles. The topological polar surface area (TPSA) is 0 Å². The van der Waals surface area contributed by atoms with Crippen LogP contribution in [-0.4, -0.2) is 11.5 Å². The summed E-state index contributed by atoms with van der Waals surface area (Å²) in [6, 6.07) is 9.98. The molecule has 1 aromatic carbocycles. The van der Waals surface area contributed by atoms with E-state index in [0.29, 0.717) is 5.21 Å². The predicted molar refractivity (Wildman–Crippen MR) is 54.8 cm³/mol. The molecule has 1 atom stereocenters. The number of rotatable bonds is 2. The zero-order valence-electron chi connectivity index (χ0n) is 6.26. The van der Waals surface area contributed by atoms with Gasteiger partial charge in [-0.05, 0) is 18.4 Å². The van der Waals surface area contributed by atoms with E-state index in [0.717, 1.165) is 4.90 Å². The number of hydrogen-bond acceptors (Lipinski definition) is 0. The molecule has 3 heteroatoms. The van der Waals surface area contributed by atoms with Crippen molar-refractivity contribution < 1.29 is 0 Å². The van der Waals surface area contributed by atoms with Crippen LogP contribution in [0.15, 0.2) is 35.2 Å². The van der Waals surface area contributed by atoms with E-state index in [4.69, 9.17) is 22.3 Å². The summed E-state index contributed by atoms with van der Waals surface area (Å²) in [5.74, 6) is 0. The van der Waals surface area contributed by atoms with E-state index < -0.39 is 9.24 Å². The van der Waals surface area contributed by atoms with Crippen molar-refractivity contribution in [2.45, 2.75) is 4.90 Å². The highest BCUT2D eigenvalue weighted by molar-refractivity contribution is 8.51. The molecule has 0 nitrogen and oxygen atoms in total. The smallest absolute Gasteiger partial charge is 0.0684 e. The van der Waals surface area contributed by atoms with Crippen molar-refractivity contribution in [3.05, 3.63) is 30.3 Å². The lowest BCUT2D eigenvalue weighted by Gasteiger charge is -2.24. The minimum atomic E-state index is -1.26. The molecular formula is C8H10Cl2S. The van der Waals surface area contributed by atoms with Gasteiger partial charge in [-0.15, -0.1) is 20.8 Å². The van der Waals surface area contributed by atoms with E-state index in [1.807, 2.05) is 36.6 Å². The molecular weight excluding hydrogens is 199 g/mol. The van der Waals surface area contributed by atoms with Gasteiger partial charge in [0.2, 0.25) is 0 Å². The Morgan fingerprint density at radius 3 is 2.27 bits per heavy atom. The average Bonchev–Trinajstić information content (AvgIpc) is 2.06. The second-order valence-electron chi connectivity index (χ2n) is 2.40. The first kappa shape index (κ1) is 9.24. The van der Waals surface area contributed by atoms with Crippen LogP contribution < -0.4 is 0 Å². The van der Waals surface area contributed by atoms with Crippen molar-refractivity contribution >= 4 is 31.5 Å². The fourth-order valence-electron chi connectivity index (χ4n) is 0.767. The minimum Gasteiger partial charge on any atom is -0.125 e. The lowest BCUT2D eigenvalue weighted by molar-refractivity contribution is 1.45. The number of hydrogen-bond donors (Lipinski definition) is 0. The van der Waals surface area contributed by atoms with Gasteiger partial charge in [-0.3, -0.25) is 0 Å². The molecule has 0 radical (unpaired) electrons. The number of halogens is 2. The van der Waals surface area contributed by atoms with E-state index in [1.54, 1.807) is 0 Å². The summed E-state index contributed by atoms with van der Waals surface area (Å²) in [6.45, 7) is 0. The third-order valence-corrected chi connectivity index (χ3v) is 5.61. The van der Waals surface area contributed by atoms with Crippen LogP contribution in [0.2, 0.25) is 0 Å². The SMILES string of the molecule is CS(Cl)(CCl)c1ccccc1. The molecule has 0 bridgehead atoms. The van der Waals surface area contributed by atoms with Crippen LogP contribution in [0.25, 0.3) is 0 Å². The summed E-state index contributed by atoms with van der Waals surface area (Å²) in [7, 11) is 4.94. The third-order valence-electron chi connectivity index (χ3n) is 1.44. The lowest BCUT2D eigenvalue weighted by Crippen LogP contribution is -1.90. The molecule has 0 spiro atoms. The van der Waals surface area contributed by atoms with Gasteiger partial charge in [0.05, 0.1) is 5.21 Å². The van der Waals surface area contributed by atoms with Gasteiger partial charge in [0.1, 0.15) is 0 Å². The van der Waals surface area contributed by atoms with Crippen LogP contribution in [0.5, 0.6) is 0 Å². The molecule has 0 aliphatic rings. The Kier molecular flexibility index (Phi) is 3.11. The lowest BCUT2D eigenvalue weighted by atomic mass is 10.4. The molecule has 0 N–H and O–H groups in total.